The maximum atomic E-state index is 12.8. The summed E-state index contributed by atoms with van der Waals surface area (Å²) in [5.41, 5.74) is 1.95. The van der Waals surface area contributed by atoms with Crippen LogP contribution in [0.4, 0.5) is 5.82 Å². The Bertz CT molecular complexity index is 1000. The molecular weight excluding hydrogens is 392 g/mol. The first kappa shape index (κ1) is 20.7. The molecule has 0 radical (unpaired) electrons. The monoisotopic (exact) mass is 418 g/mol. The summed E-state index contributed by atoms with van der Waals surface area (Å²) in [4.78, 5) is 25.7. The van der Waals surface area contributed by atoms with Crippen molar-refractivity contribution < 1.29 is 14.3 Å². The summed E-state index contributed by atoms with van der Waals surface area (Å²) in [6.07, 6.45) is 1.05. The van der Waals surface area contributed by atoms with E-state index in [1.807, 2.05) is 53.4 Å². The van der Waals surface area contributed by atoms with Gasteiger partial charge in [-0.3, -0.25) is 4.79 Å². The number of carbonyl (C=O) groups is 1. The number of rotatable bonds is 6. The molecular formula is C24H26N4O3. The molecule has 4 rings (SSSR count). The summed E-state index contributed by atoms with van der Waals surface area (Å²) < 4.78 is 11.0. The van der Waals surface area contributed by atoms with E-state index in [0.717, 1.165) is 22.8 Å². The second-order valence-corrected chi connectivity index (χ2v) is 7.38. The van der Waals surface area contributed by atoms with E-state index in [1.165, 1.54) is 0 Å². The molecule has 1 atom stereocenters. The van der Waals surface area contributed by atoms with Gasteiger partial charge in [0.05, 0.1) is 12.8 Å². The molecule has 1 aliphatic heterocycles. The second kappa shape index (κ2) is 9.47. The molecule has 1 aliphatic rings. The van der Waals surface area contributed by atoms with Gasteiger partial charge in [-0.15, -0.1) is 0 Å². The molecule has 0 N–H and O–H groups in total. The third-order valence-electron chi connectivity index (χ3n) is 5.36. The van der Waals surface area contributed by atoms with E-state index in [-0.39, 0.29) is 5.91 Å². The summed E-state index contributed by atoms with van der Waals surface area (Å²) >= 11 is 0. The summed E-state index contributed by atoms with van der Waals surface area (Å²) in [6, 6.07) is 19.3. The van der Waals surface area contributed by atoms with Crippen LogP contribution in [-0.4, -0.2) is 60.2 Å². The van der Waals surface area contributed by atoms with Gasteiger partial charge in [-0.05, 0) is 31.2 Å². The number of anilines is 1. The molecule has 0 bridgehead atoms. The van der Waals surface area contributed by atoms with E-state index < -0.39 is 6.10 Å². The molecule has 1 amide bonds. The molecule has 1 unspecified atom stereocenters. The minimum absolute atomic E-state index is 0.0110. The fourth-order valence-electron chi connectivity index (χ4n) is 3.61. The van der Waals surface area contributed by atoms with Crippen LogP contribution in [0.25, 0.3) is 11.3 Å². The van der Waals surface area contributed by atoms with Crippen LogP contribution in [0.1, 0.15) is 6.92 Å². The number of nitrogens with zero attached hydrogens (tertiary/aromatic N) is 4. The van der Waals surface area contributed by atoms with Crippen molar-refractivity contribution in [2.24, 2.45) is 0 Å². The lowest BCUT2D eigenvalue weighted by Crippen LogP contribution is -2.52. The summed E-state index contributed by atoms with van der Waals surface area (Å²) in [6.45, 7) is 4.47. The summed E-state index contributed by atoms with van der Waals surface area (Å²) in [7, 11) is 1.62. The minimum Gasteiger partial charge on any atom is -0.497 e. The fourth-order valence-corrected chi connectivity index (χ4v) is 3.61. The van der Waals surface area contributed by atoms with Gasteiger partial charge >= 0.3 is 0 Å². The number of methoxy groups -OCH3 is 1. The molecule has 7 heteroatoms. The van der Waals surface area contributed by atoms with Crippen LogP contribution in [0.2, 0.25) is 0 Å². The van der Waals surface area contributed by atoms with E-state index in [9.17, 15) is 4.79 Å². The quantitative estimate of drug-likeness (QED) is 0.612. The molecule has 1 saturated heterocycles. The normalized spacial score (nSPS) is 14.8. The van der Waals surface area contributed by atoms with Crippen molar-refractivity contribution in [2.45, 2.75) is 13.0 Å². The smallest absolute Gasteiger partial charge is 0.263 e. The number of ether oxygens (including phenoxy) is 2. The number of hydrogen-bond acceptors (Lipinski definition) is 6. The van der Waals surface area contributed by atoms with Gasteiger partial charge in [0.25, 0.3) is 5.91 Å². The number of aromatic nitrogens is 2. The SMILES string of the molecule is COc1ccc(OC(C)C(=O)N2CCN(c3cc(-c4ccccc4)ncn3)CC2)cc1. The molecule has 0 aliphatic carbocycles. The Balaban J connectivity index is 1.34. The van der Waals surface area contributed by atoms with E-state index in [0.29, 0.717) is 31.9 Å². The van der Waals surface area contributed by atoms with Gasteiger partial charge in [-0.1, -0.05) is 30.3 Å². The second-order valence-electron chi connectivity index (χ2n) is 7.38. The highest BCUT2D eigenvalue weighted by molar-refractivity contribution is 5.81. The van der Waals surface area contributed by atoms with Crippen LogP contribution < -0.4 is 14.4 Å². The maximum Gasteiger partial charge on any atom is 0.263 e. The molecule has 1 aromatic heterocycles. The van der Waals surface area contributed by atoms with Crippen molar-refractivity contribution in [2.75, 3.05) is 38.2 Å². The Hall–Kier alpha value is -3.61. The van der Waals surface area contributed by atoms with Crippen LogP contribution in [0.15, 0.2) is 67.0 Å². The van der Waals surface area contributed by atoms with Crippen LogP contribution in [0.5, 0.6) is 11.5 Å². The predicted octanol–water partition coefficient (Wildman–Crippen LogP) is 3.27. The minimum atomic E-state index is -0.552. The largest absolute Gasteiger partial charge is 0.497 e. The molecule has 31 heavy (non-hydrogen) atoms. The lowest BCUT2D eigenvalue weighted by molar-refractivity contribution is -0.138. The van der Waals surface area contributed by atoms with E-state index in [4.69, 9.17) is 9.47 Å². The lowest BCUT2D eigenvalue weighted by Gasteiger charge is -2.36. The van der Waals surface area contributed by atoms with Crippen molar-refractivity contribution >= 4 is 11.7 Å². The van der Waals surface area contributed by atoms with Crippen LogP contribution >= 0.6 is 0 Å². The molecule has 3 aromatic rings. The first-order valence-corrected chi connectivity index (χ1v) is 10.4. The van der Waals surface area contributed by atoms with Crippen LogP contribution in [0.3, 0.4) is 0 Å². The van der Waals surface area contributed by atoms with E-state index >= 15 is 0 Å². The van der Waals surface area contributed by atoms with Gasteiger partial charge in [-0.2, -0.15) is 0 Å². The Labute approximate surface area is 182 Å². The highest BCUT2D eigenvalue weighted by Crippen LogP contribution is 2.22. The maximum absolute atomic E-state index is 12.8. The Kier molecular flexibility index (Phi) is 6.31. The number of carbonyl (C=O) groups excluding carboxylic acids is 1. The number of benzene rings is 2. The Morgan fingerprint density at radius 3 is 2.29 bits per heavy atom. The Morgan fingerprint density at radius 1 is 0.935 bits per heavy atom. The third kappa shape index (κ3) is 4.94. The molecule has 1 fully saturated rings. The zero-order valence-corrected chi connectivity index (χ0v) is 17.8. The predicted molar refractivity (Wildman–Crippen MR) is 119 cm³/mol. The number of hydrogen-bond donors (Lipinski definition) is 0. The molecule has 0 saturated carbocycles. The van der Waals surface area contributed by atoms with Crippen LogP contribution in [0, 0.1) is 0 Å². The number of piperazine rings is 1. The summed E-state index contributed by atoms with van der Waals surface area (Å²) in [5, 5.41) is 0. The van der Waals surface area contributed by atoms with Gasteiger partial charge < -0.3 is 19.3 Å². The zero-order chi connectivity index (χ0) is 21.6. The fraction of sp³-hybridized carbons (Fsp3) is 0.292. The first-order chi connectivity index (χ1) is 15.1. The van der Waals surface area contributed by atoms with Crippen molar-refractivity contribution in [1.82, 2.24) is 14.9 Å². The van der Waals surface area contributed by atoms with Crippen molar-refractivity contribution in [3.8, 4) is 22.8 Å². The molecule has 0 spiro atoms. The van der Waals surface area contributed by atoms with E-state index in [1.54, 1.807) is 32.5 Å². The van der Waals surface area contributed by atoms with Gasteiger partial charge in [0, 0.05) is 37.8 Å². The van der Waals surface area contributed by atoms with Crippen molar-refractivity contribution in [1.29, 1.82) is 0 Å². The average molecular weight is 418 g/mol. The Morgan fingerprint density at radius 2 is 1.61 bits per heavy atom. The van der Waals surface area contributed by atoms with Crippen molar-refractivity contribution in [3.63, 3.8) is 0 Å². The number of amides is 1. The molecule has 2 aromatic carbocycles. The highest BCUT2D eigenvalue weighted by Gasteiger charge is 2.26. The topological polar surface area (TPSA) is 67.8 Å². The third-order valence-corrected chi connectivity index (χ3v) is 5.36. The van der Waals surface area contributed by atoms with Gasteiger partial charge in [0.15, 0.2) is 6.10 Å². The molecule has 160 valence electrons. The average Bonchev–Trinajstić information content (AvgIpc) is 2.85. The summed E-state index contributed by atoms with van der Waals surface area (Å²) in [5.74, 6) is 2.27. The van der Waals surface area contributed by atoms with Crippen molar-refractivity contribution in [3.05, 3.63) is 67.0 Å². The standard InChI is InChI=1S/C24H26N4O3/c1-18(31-21-10-8-20(30-2)9-11-21)24(29)28-14-12-27(13-15-28)23-16-22(25-17-26-23)19-6-4-3-5-7-19/h3-11,16-18H,12-15H2,1-2H3. The molecule has 2 heterocycles. The zero-order valence-electron chi connectivity index (χ0n) is 17.8. The van der Waals surface area contributed by atoms with Gasteiger partial charge in [0.1, 0.15) is 23.6 Å². The first-order valence-electron chi connectivity index (χ1n) is 10.4. The highest BCUT2D eigenvalue weighted by atomic mass is 16.5. The molecule has 7 nitrogen and oxygen atoms in total. The lowest BCUT2D eigenvalue weighted by atomic mass is 10.1. The van der Waals surface area contributed by atoms with Gasteiger partial charge in [0.2, 0.25) is 0 Å². The van der Waals surface area contributed by atoms with Gasteiger partial charge in [-0.25, -0.2) is 9.97 Å². The van der Waals surface area contributed by atoms with E-state index in [2.05, 4.69) is 14.9 Å². The van der Waals surface area contributed by atoms with Crippen LogP contribution in [-0.2, 0) is 4.79 Å².